The molecule has 0 saturated carbocycles. The van der Waals surface area contributed by atoms with Crippen molar-refractivity contribution in [2.24, 2.45) is 0 Å². The van der Waals surface area contributed by atoms with E-state index in [0.717, 1.165) is 18.4 Å². The van der Waals surface area contributed by atoms with Crippen LogP contribution in [0.3, 0.4) is 0 Å². The van der Waals surface area contributed by atoms with Crippen LogP contribution in [-0.4, -0.2) is 35.8 Å². The van der Waals surface area contributed by atoms with E-state index in [1.165, 1.54) is 30.7 Å². The zero-order valence-electron chi connectivity index (χ0n) is 13.5. The van der Waals surface area contributed by atoms with Crippen LogP contribution in [0, 0.1) is 11.8 Å². The summed E-state index contributed by atoms with van der Waals surface area (Å²) >= 11 is 0. The number of benzene rings is 1. The summed E-state index contributed by atoms with van der Waals surface area (Å²) in [5.41, 5.74) is 0.876. The number of aliphatic hydroxyl groups is 1. The predicted octanol–water partition coefficient (Wildman–Crippen LogP) is 0.384. The Morgan fingerprint density at radius 2 is 1.62 bits per heavy atom. The number of aliphatic hydroxyl groups excluding tert-OH is 1. The second kappa shape index (κ2) is 11.1. The third-order valence-corrected chi connectivity index (χ3v) is 4.30. The van der Waals surface area contributed by atoms with E-state index in [4.69, 9.17) is 0 Å². The lowest BCUT2D eigenvalue weighted by Gasteiger charge is -2.35. The topological polar surface area (TPSA) is 20.2 Å². The second-order valence-corrected chi connectivity index (χ2v) is 5.25. The van der Waals surface area contributed by atoms with Gasteiger partial charge in [-0.2, -0.15) is 0 Å². The standard InChI is InChI=1S/C18H28NO.HI/c1-4-19(5-2,6-3)16-12-8-11-15-18(20)17-13-9-7-10-14-17;/h7,9-10,13-14,18,20H,4-6,8,12,16H2,1-3H3;1H/q+1;/p-1. The van der Waals surface area contributed by atoms with Crippen LogP contribution < -0.4 is 24.0 Å². The fourth-order valence-electron chi connectivity index (χ4n) is 2.54. The molecule has 0 bridgehead atoms. The van der Waals surface area contributed by atoms with Gasteiger partial charge >= 0.3 is 0 Å². The van der Waals surface area contributed by atoms with Crippen molar-refractivity contribution >= 4 is 0 Å². The molecule has 0 aliphatic heterocycles. The van der Waals surface area contributed by atoms with Crippen LogP contribution in [0.15, 0.2) is 30.3 Å². The van der Waals surface area contributed by atoms with E-state index in [0.29, 0.717) is 0 Å². The molecule has 3 heteroatoms. The molecule has 0 saturated heterocycles. The maximum absolute atomic E-state index is 9.94. The van der Waals surface area contributed by atoms with Gasteiger partial charge in [0.2, 0.25) is 0 Å². The zero-order chi connectivity index (χ0) is 14.8. The van der Waals surface area contributed by atoms with Gasteiger partial charge in [0.25, 0.3) is 0 Å². The Balaban J connectivity index is 0.00000400. The van der Waals surface area contributed by atoms with Crippen molar-refractivity contribution in [2.45, 2.75) is 39.7 Å². The van der Waals surface area contributed by atoms with Crippen molar-refractivity contribution in [3.05, 3.63) is 35.9 Å². The van der Waals surface area contributed by atoms with Gasteiger partial charge in [0.15, 0.2) is 0 Å². The second-order valence-electron chi connectivity index (χ2n) is 5.25. The molecule has 0 aliphatic rings. The minimum Gasteiger partial charge on any atom is -1.00 e. The molecule has 1 aromatic carbocycles. The summed E-state index contributed by atoms with van der Waals surface area (Å²) in [6, 6.07) is 9.62. The van der Waals surface area contributed by atoms with Crippen molar-refractivity contribution in [2.75, 3.05) is 26.2 Å². The highest BCUT2D eigenvalue weighted by Gasteiger charge is 2.19. The lowest BCUT2D eigenvalue weighted by Crippen LogP contribution is -3.00. The molecule has 1 rings (SSSR count). The lowest BCUT2D eigenvalue weighted by molar-refractivity contribution is -0.923. The average molecular weight is 401 g/mol. The van der Waals surface area contributed by atoms with E-state index < -0.39 is 6.10 Å². The number of nitrogens with zero attached hydrogens (tertiary/aromatic N) is 1. The fraction of sp³-hybridized carbons (Fsp3) is 0.556. The van der Waals surface area contributed by atoms with Crippen LogP contribution >= 0.6 is 0 Å². The van der Waals surface area contributed by atoms with Crippen LogP contribution in [-0.2, 0) is 0 Å². The number of rotatable bonds is 7. The van der Waals surface area contributed by atoms with Crippen LogP contribution in [0.25, 0.3) is 0 Å². The molecule has 118 valence electrons. The molecule has 21 heavy (non-hydrogen) atoms. The fourth-order valence-corrected chi connectivity index (χ4v) is 2.54. The van der Waals surface area contributed by atoms with Crippen LogP contribution in [0.1, 0.15) is 45.3 Å². The van der Waals surface area contributed by atoms with Crippen LogP contribution in [0.4, 0.5) is 0 Å². The molecule has 0 radical (unpaired) electrons. The first-order valence-electron chi connectivity index (χ1n) is 7.74. The van der Waals surface area contributed by atoms with Gasteiger partial charge in [-0.05, 0) is 26.3 Å². The molecular formula is C18H28INO. The summed E-state index contributed by atoms with van der Waals surface area (Å²) in [5.74, 6) is 6.06. The van der Waals surface area contributed by atoms with E-state index in [2.05, 4.69) is 32.6 Å². The monoisotopic (exact) mass is 401 g/mol. The Bertz CT molecular complexity index is 423. The Morgan fingerprint density at radius 1 is 1.05 bits per heavy atom. The maximum Gasteiger partial charge on any atom is 0.140 e. The van der Waals surface area contributed by atoms with Crippen molar-refractivity contribution in [1.82, 2.24) is 0 Å². The lowest BCUT2D eigenvalue weighted by atomic mass is 10.1. The number of halogens is 1. The number of unbranched alkanes of at least 4 members (excludes halogenated alkanes) is 1. The summed E-state index contributed by atoms with van der Waals surface area (Å²) in [6.45, 7) is 11.5. The number of quaternary nitrogens is 1. The van der Waals surface area contributed by atoms with Gasteiger partial charge in [-0.15, -0.1) is 0 Å². The molecule has 1 N–H and O–H groups in total. The third kappa shape index (κ3) is 6.82. The summed E-state index contributed by atoms with van der Waals surface area (Å²) in [4.78, 5) is 0. The van der Waals surface area contributed by atoms with Gasteiger partial charge in [-0.1, -0.05) is 42.2 Å². The highest BCUT2D eigenvalue weighted by Crippen LogP contribution is 2.11. The largest absolute Gasteiger partial charge is 1.00 e. The Hall–Kier alpha value is -0.570. The summed E-state index contributed by atoms with van der Waals surface area (Å²) in [6.07, 6.45) is 1.31. The number of hydrogen-bond acceptors (Lipinski definition) is 1. The molecule has 1 atom stereocenters. The Kier molecular flexibility index (Phi) is 10.8. The molecule has 0 amide bonds. The smallest absolute Gasteiger partial charge is 0.140 e. The Morgan fingerprint density at radius 3 is 2.14 bits per heavy atom. The van der Waals surface area contributed by atoms with Crippen molar-refractivity contribution in [3.63, 3.8) is 0 Å². The maximum atomic E-state index is 9.94. The summed E-state index contributed by atoms with van der Waals surface area (Å²) in [5, 5.41) is 9.94. The molecule has 0 spiro atoms. The van der Waals surface area contributed by atoms with Crippen LogP contribution in [0.2, 0.25) is 0 Å². The van der Waals surface area contributed by atoms with E-state index >= 15 is 0 Å². The molecule has 2 nitrogen and oxygen atoms in total. The average Bonchev–Trinajstić information content (AvgIpc) is 2.52. The molecule has 1 aromatic rings. The van der Waals surface area contributed by atoms with Gasteiger partial charge in [0, 0.05) is 12.8 Å². The molecule has 0 heterocycles. The first kappa shape index (κ1) is 20.4. The SMILES string of the molecule is CC[N+](CC)(CC)CCCC#CC(O)c1ccccc1.[I-]. The van der Waals surface area contributed by atoms with Crippen LogP contribution in [0.5, 0.6) is 0 Å². The molecule has 0 fully saturated rings. The number of hydrogen-bond donors (Lipinski definition) is 1. The van der Waals surface area contributed by atoms with E-state index in [1.807, 2.05) is 30.3 Å². The third-order valence-electron chi connectivity index (χ3n) is 4.30. The highest BCUT2D eigenvalue weighted by atomic mass is 127. The normalized spacial score (nSPS) is 12.0. The summed E-state index contributed by atoms with van der Waals surface area (Å²) in [7, 11) is 0. The van der Waals surface area contributed by atoms with Gasteiger partial charge < -0.3 is 33.6 Å². The predicted molar refractivity (Wildman–Crippen MR) is 85.2 cm³/mol. The Labute approximate surface area is 147 Å². The van der Waals surface area contributed by atoms with Gasteiger partial charge in [0.1, 0.15) is 6.10 Å². The molecule has 1 unspecified atom stereocenters. The van der Waals surface area contributed by atoms with Crippen molar-refractivity contribution in [3.8, 4) is 11.8 Å². The molecule has 0 aromatic heterocycles. The highest BCUT2D eigenvalue weighted by molar-refractivity contribution is 5.24. The van der Waals surface area contributed by atoms with Gasteiger partial charge in [-0.3, -0.25) is 0 Å². The van der Waals surface area contributed by atoms with Crippen molar-refractivity contribution < 1.29 is 33.6 Å². The van der Waals surface area contributed by atoms with Gasteiger partial charge in [0.05, 0.1) is 26.2 Å². The van der Waals surface area contributed by atoms with E-state index in [-0.39, 0.29) is 24.0 Å². The first-order chi connectivity index (χ1) is 9.67. The minimum absolute atomic E-state index is 0. The molecule has 0 aliphatic carbocycles. The van der Waals surface area contributed by atoms with Gasteiger partial charge in [-0.25, -0.2) is 0 Å². The first-order valence-corrected chi connectivity index (χ1v) is 7.74. The quantitative estimate of drug-likeness (QED) is 0.303. The summed E-state index contributed by atoms with van der Waals surface area (Å²) < 4.78 is 1.17. The molecular weight excluding hydrogens is 373 g/mol. The zero-order valence-corrected chi connectivity index (χ0v) is 15.6. The van der Waals surface area contributed by atoms with E-state index in [9.17, 15) is 5.11 Å². The van der Waals surface area contributed by atoms with Crippen molar-refractivity contribution in [1.29, 1.82) is 0 Å². The minimum atomic E-state index is -0.654. The van der Waals surface area contributed by atoms with E-state index in [1.54, 1.807) is 0 Å².